The average molecular weight is 532 g/mol. The van der Waals surface area contributed by atoms with Crippen LogP contribution in [0.5, 0.6) is 0 Å². The fourth-order valence-corrected chi connectivity index (χ4v) is 4.52. The Labute approximate surface area is 195 Å². The minimum absolute atomic E-state index is 0. The third-order valence-electron chi connectivity index (χ3n) is 5.31. The van der Waals surface area contributed by atoms with Crippen LogP contribution in [0, 0.1) is 13.8 Å². The molecule has 162 valence electrons. The van der Waals surface area contributed by atoms with E-state index in [0.717, 1.165) is 56.4 Å². The van der Waals surface area contributed by atoms with Crippen molar-refractivity contribution in [1.82, 2.24) is 20.5 Å². The third-order valence-corrected chi connectivity index (χ3v) is 6.45. The van der Waals surface area contributed by atoms with E-state index in [2.05, 4.69) is 41.3 Å². The normalized spacial score (nSPS) is 17.3. The van der Waals surface area contributed by atoms with E-state index in [4.69, 9.17) is 9.41 Å². The molecule has 0 saturated carbocycles. The topological polar surface area (TPSA) is 65.7 Å². The maximum absolute atomic E-state index is 5.42. The second-order valence-corrected chi connectivity index (χ2v) is 8.58. The lowest BCUT2D eigenvalue weighted by atomic mass is 10.2. The van der Waals surface area contributed by atoms with Crippen molar-refractivity contribution < 1.29 is 4.42 Å². The van der Waals surface area contributed by atoms with Crippen molar-refractivity contribution >= 4 is 41.3 Å². The number of likely N-dealkylation sites (N-methyl/N-ethyl adjacent to an activating group) is 1. The molecule has 0 aliphatic carbocycles. The van der Waals surface area contributed by atoms with Crippen LogP contribution in [0.1, 0.15) is 41.1 Å². The van der Waals surface area contributed by atoms with Crippen LogP contribution < -0.4 is 10.6 Å². The van der Waals surface area contributed by atoms with Crippen LogP contribution in [0.4, 0.5) is 0 Å². The lowest BCUT2D eigenvalue weighted by molar-refractivity contribution is 0.273. The van der Waals surface area contributed by atoms with Crippen molar-refractivity contribution in [2.24, 2.45) is 4.99 Å². The highest BCUT2D eigenvalue weighted by Crippen LogP contribution is 2.17. The molecule has 0 aromatic carbocycles. The van der Waals surface area contributed by atoms with Gasteiger partial charge in [0.25, 0.3) is 0 Å². The van der Waals surface area contributed by atoms with Crippen molar-refractivity contribution in [3.63, 3.8) is 0 Å². The molecule has 1 fully saturated rings. The highest BCUT2D eigenvalue weighted by molar-refractivity contribution is 14.0. The second-order valence-electron chi connectivity index (χ2n) is 7.30. The van der Waals surface area contributed by atoms with Gasteiger partial charge in [-0.05, 0) is 51.9 Å². The minimum Gasteiger partial charge on any atom is -0.469 e. The van der Waals surface area contributed by atoms with Crippen LogP contribution in [0.15, 0.2) is 27.8 Å². The maximum atomic E-state index is 5.42. The first-order valence-electron chi connectivity index (χ1n) is 10.4. The third kappa shape index (κ3) is 7.57. The zero-order valence-corrected chi connectivity index (χ0v) is 20.9. The molecule has 2 N–H and O–H groups in total. The summed E-state index contributed by atoms with van der Waals surface area (Å²) in [6.45, 7) is 11.2. The summed E-state index contributed by atoms with van der Waals surface area (Å²) in [7, 11) is 0. The van der Waals surface area contributed by atoms with Crippen LogP contribution in [0.3, 0.4) is 0 Å². The molecule has 3 heterocycles. The quantitative estimate of drug-likeness (QED) is 0.293. The van der Waals surface area contributed by atoms with E-state index in [-0.39, 0.29) is 24.0 Å². The van der Waals surface area contributed by atoms with Gasteiger partial charge >= 0.3 is 0 Å². The van der Waals surface area contributed by atoms with Crippen molar-refractivity contribution in [2.75, 3.05) is 32.7 Å². The van der Waals surface area contributed by atoms with Crippen LogP contribution in [0.25, 0.3) is 0 Å². The molecule has 2 aromatic heterocycles. The summed E-state index contributed by atoms with van der Waals surface area (Å²) in [6, 6.07) is 4.51. The van der Waals surface area contributed by atoms with Crippen LogP contribution >= 0.6 is 35.3 Å². The summed E-state index contributed by atoms with van der Waals surface area (Å²) in [5, 5.41) is 8.14. The molecule has 8 heteroatoms. The Bertz CT molecular complexity index is 727. The number of halogens is 1. The monoisotopic (exact) mass is 531 g/mol. The highest BCUT2D eigenvalue weighted by Gasteiger charge is 2.22. The van der Waals surface area contributed by atoms with Crippen molar-refractivity contribution in [3.05, 3.63) is 39.7 Å². The van der Waals surface area contributed by atoms with Crippen molar-refractivity contribution in [2.45, 2.75) is 52.5 Å². The summed E-state index contributed by atoms with van der Waals surface area (Å²) in [5.41, 5.74) is 1.14. The van der Waals surface area contributed by atoms with E-state index in [9.17, 15) is 0 Å². The molecule has 0 spiro atoms. The number of rotatable bonds is 9. The Balaban J connectivity index is 0.00000300. The Morgan fingerprint density at radius 3 is 2.76 bits per heavy atom. The maximum Gasteiger partial charge on any atom is 0.191 e. The SMILES string of the molecule is CCN1CCCC1CN=C(NCCc1ccco1)NCCc1nc(C)c(C)s1.I. The van der Waals surface area contributed by atoms with Crippen molar-refractivity contribution in [1.29, 1.82) is 0 Å². The van der Waals surface area contributed by atoms with Gasteiger partial charge in [0.15, 0.2) is 5.96 Å². The Kier molecular flexibility index (Phi) is 10.4. The largest absolute Gasteiger partial charge is 0.469 e. The number of aryl methyl sites for hydroxylation is 2. The fraction of sp³-hybridized carbons (Fsp3) is 0.619. The van der Waals surface area contributed by atoms with E-state index < -0.39 is 0 Å². The van der Waals surface area contributed by atoms with Gasteiger partial charge in [-0.3, -0.25) is 9.89 Å². The zero-order chi connectivity index (χ0) is 19.8. The molecular weight excluding hydrogens is 497 g/mol. The van der Waals surface area contributed by atoms with Crippen LogP contribution in [-0.2, 0) is 12.8 Å². The summed E-state index contributed by atoms with van der Waals surface area (Å²) < 4.78 is 5.42. The van der Waals surface area contributed by atoms with Crippen LogP contribution in [0.2, 0.25) is 0 Å². The number of aliphatic imine (C=N–C) groups is 1. The molecule has 29 heavy (non-hydrogen) atoms. The Hall–Kier alpha value is -1.13. The number of nitrogens with one attached hydrogen (secondary N) is 2. The first-order valence-corrected chi connectivity index (χ1v) is 11.2. The lowest BCUT2D eigenvalue weighted by Gasteiger charge is -2.21. The van der Waals surface area contributed by atoms with Gasteiger partial charge in [0.1, 0.15) is 5.76 Å². The van der Waals surface area contributed by atoms with E-state index >= 15 is 0 Å². The highest BCUT2D eigenvalue weighted by atomic mass is 127. The molecule has 1 atom stereocenters. The Morgan fingerprint density at radius 1 is 1.31 bits per heavy atom. The van der Waals surface area contributed by atoms with Gasteiger partial charge in [-0.25, -0.2) is 4.98 Å². The Morgan fingerprint density at radius 2 is 2.10 bits per heavy atom. The summed E-state index contributed by atoms with van der Waals surface area (Å²) in [4.78, 5) is 13.4. The standard InChI is InChI=1S/C21H33N5OS.HI/c1-4-26-13-5-7-18(26)15-24-21(22-11-9-19-8-6-14-27-19)23-12-10-20-25-16(2)17(3)28-20;/h6,8,14,18H,4-5,7,9-13,15H2,1-3H3,(H2,22,23,24);1H. The molecule has 0 amide bonds. The van der Waals surface area contributed by atoms with E-state index in [1.54, 1.807) is 17.6 Å². The van der Waals surface area contributed by atoms with E-state index in [1.165, 1.54) is 29.3 Å². The van der Waals surface area contributed by atoms with Crippen molar-refractivity contribution in [3.8, 4) is 0 Å². The fourth-order valence-electron chi connectivity index (χ4n) is 3.58. The lowest BCUT2D eigenvalue weighted by Crippen LogP contribution is -2.41. The zero-order valence-electron chi connectivity index (χ0n) is 17.7. The first kappa shape index (κ1) is 24.1. The summed E-state index contributed by atoms with van der Waals surface area (Å²) in [5.74, 6) is 1.88. The predicted molar refractivity (Wildman–Crippen MR) is 132 cm³/mol. The minimum atomic E-state index is 0. The first-order chi connectivity index (χ1) is 13.7. The number of furan rings is 1. The number of hydrogen-bond donors (Lipinski definition) is 2. The molecule has 1 aliphatic rings. The summed E-state index contributed by atoms with van der Waals surface area (Å²) >= 11 is 1.79. The molecule has 2 aromatic rings. The number of thiazole rings is 1. The van der Waals surface area contributed by atoms with Crippen LogP contribution in [-0.4, -0.2) is 54.6 Å². The molecule has 3 rings (SSSR count). The molecule has 6 nitrogen and oxygen atoms in total. The number of guanidine groups is 1. The molecule has 1 unspecified atom stereocenters. The second kappa shape index (κ2) is 12.5. The molecule has 0 radical (unpaired) electrons. The van der Waals surface area contributed by atoms with E-state index in [1.807, 2.05) is 12.1 Å². The molecular formula is C21H34IN5OS. The molecule has 1 aliphatic heterocycles. The van der Waals surface area contributed by atoms with Gasteiger partial charge in [0.2, 0.25) is 0 Å². The number of aromatic nitrogens is 1. The molecule has 1 saturated heterocycles. The van der Waals surface area contributed by atoms with Gasteiger partial charge in [-0.2, -0.15) is 0 Å². The predicted octanol–water partition coefficient (Wildman–Crippen LogP) is 3.78. The van der Waals surface area contributed by atoms with Gasteiger partial charge < -0.3 is 15.1 Å². The van der Waals surface area contributed by atoms with Gasteiger partial charge in [0.05, 0.1) is 23.5 Å². The van der Waals surface area contributed by atoms with E-state index in [0.29, 0.717) is 6.04 Å². The van der Waals surface area contributed by atoms with Gasteiger partial charge in [-0.1, -0.05) is 6.92 Å². The average Bonchev–Trinajstić information content (AvgIpc) is 3.42. The van der Waals surface area contributed by atoms with Gasteiger partial charge in [0, 0.05) is 36.9 Å². The smallest absolute Gasteiger partial charge is 0.191 e. The summed E-state index contributed by atoms with van der Waals surface area (Å²) in [6.07, 6.45) is 6.02. The molecule has 0 bridgehead atoms. The van der Waals surface area contributed by atoms with Gasteiger partial charge in [-0.15, -0.1) is 35.3 Å². The number of nitrogens with zero attached hydrogens (tertiary/aromatic N) is 3. The number of likely N-dealkylation sites (tertiary alicyclic amines) is 1. The number of hydrogen-bond acceptors (Lipinski definition) is 5.